The second kappa shape index (κ2) is 6.41. The monoisotopic (exact) mass is 292 g/mol. The van der Waals surface area contributed by atoms with E-state index in [4.69, 9.17) is 0 Å². The molecule has 2 aromatic heterocycles. The van der Waals surface area contributed by atoms with Gasteiger partial charge in [0.15, 0.2) is 0 Å². The van der Waals surface area contributed by atoms with Crippen molar-refractivity contribution in [2.24, 2.45) is 7.05 Å². The second-order valence-corrected chi connectivity index (χ2v) is 6.07. The van der Waals surface area contributed by atoms with Crippen LogP contribution in [0.1, 0.15) is 36.0 Å². The van der Waals surface area contributed by atoms with E-state index in [0.29, 0.717) is 6.04 Å². The number of nitrogens with one attached hydrogen (secondary N) is 1. The van der Waals surface area contributed by atoms with Crippen LogP contribution in [0.15, 0.2) is 17.5 Å². The predicted molar refractivity (Wildman–Crippen MR) is 86.5 cm³/mol. The third kappa shape index (κ3) is 2.88. The first-order valence-electron chi connectivity index (χ1n) is 7.05. The topological polar surface area (TPSA) is 33.1 Å². The predicted octanol–water partition coefficient (Wildman–Crippen LogP) is 3.10. The standard InChI is InChI=1S/C15H24N4S/c1-6-16-10-13-11(2)17-19(5)15(13)18(4)12(3)14-8-7-9-20-14/h7-9,12,16H,6,10H2,1-5H3. The lowest BCUT2D eigenvalue weighted by Gasteiger charge is -2.27. The Morgan fingerprint density at radius 2 is 2.25 bits per heavy atom. The van der Waals surface area contributed by atoms with Gasteiger partial charge in [0.1, 0.15) is 5.82 Å². The summed E-state index contributed by atoms with van der Waals surface area (Å²) in [5.74, 6) is 1.20. The van der Waals surface area contributed by atoms with Crippen LogP contribution in [0.2, 0.25) is 0 Å². The van der Waals surface area contributed by atoms with Crippen LogP contribution in [0.4, 0.5) is 5.82 Å². The van der Waals surface area contributed by atoms with Crippen molar-refractivity contribution in [3.63, 3.8) is 0 Å². The molecule has 1 unspecified atom stereocenters. The van der Waals surface area contributed by atoms with Crippen molar-refractivity contribution < 1.29 is 0 Å². The number of aromatic nitrogens is 2. The molecule has 5 heteroatoms. The maximum atomic E-state index is 4.59. The molecular formula is C15H24N4S. The minimum Gasteiger partial charge on any atom is -0.352 e. The van der Waals surface area contributed by atoms with Crippen molar-refractivity contribution in [2.45, 2.75) is 33.4 Å². The molecule has 110 valence electrons. The number of rotatable bonds is 6. The van der Waals surface area contributed by atoms with Gasteiger partial charge in [0, 0.05) is 31.1 Å². The Morgan fingerprint density at radius 1 is 1.50 bits per heavy atom. The third-order valence-electron chi connectivity index (χ3n) is 3.73. The molecule has 0 fully saturated rings. The Hall–Kier alpha value is -1.33. The van der Waals surface area contributed by atoms with Gasteiger partial charge >= 0.3 is 0 Å². The van der Waals surface area contributed by atoms with Crippen molar-refractivity contribution in [1.82, 2.24) is 15.1 Å². The minimum atomic E-state index is 0.352. The molecule has 0 aliphatic carbocycles. The summed E-state index contributed by atoms with van der Waals surface area (Å²) in [7, 11) is 4.17. The van der Waals surface area contributed by atoms with Gasteiger partial charge in [0.05, 0.1) is 11.7 Å². The molecule has 2 heterocycles. The molecule has 0 aromatic carbocycles. The summed E-state index contributed by atoms with van der Waals surface area (Å²) in [6.07, 6.45) is 0. The van der Waals surface area contributed by atoms with E-state index in [9.17, 15) is 0 Å². The molecule has 20 heavy (non-hydrogen) atoms. The smallest absolute Gasteiger partial charge is 0.131 e. The highest BCUT2D eigenvalue weighted by molar-refractivity contribution is 7.10. The second-order valence-electron chi connectivity index (χ2n) is 5.09. The molecule has 0 amide bonds. The zero-order valence-corrected chi connectivity index (χ0v) is 13.8. The molecule has 1 atom stereocenters. The number of nitrogens with zero attached hydrogens (tertiary/aromatic N) is 3. The van der Waals surface area contributed by atoms with Crippen LogP contribution in [0, 0.1) is 6.92 Å². The SMILES string of the molecule is CCNCc1c(C)nn(C)c1N(C)C(C)c1cccs1. The molecule has 0 saturated carbocycles. The fourth-order valence-electron chi connectivity index (χ4n) is 2.49. The molecule has 0 aliphatic rings. The minimum absolute atomic E-state index is 0.352. The highest BCUT2D eigenvalue weighted by Gasteiger charge is 2.21. The van der Waals surface area contributed by atoms with Crippen molar-refractivity contribution in [3.05, 3.63) is 33.6 Å². The summed E-state index contributed by atoms with van der Waals surface area (Å²) in [5, 5.41) is 10.1. The molecular weight excluding hydrogens is 268 g/mol. The summed E-state index contributed by atoms with van der Waals surface area (Å²) in [6.45, 7) is 8.29. The van der Waals surface area contributed by atoms with E-state index in [1.54, 1.807) is 11.3 Å². The summed E-state index contributed by atoms with van der Waals surface area (Å²) in [5.41, 5.74) is 2.40. The zero-order chi connectivity index (χ0) is 14.7. The van der Waals surface area contributed by atoms with Gasteiger partial charge < -0.3 is 10.2 Å². The van der Waals surface area contributed by atoms with Crippen LogP contribution in [0.3, 0.4) is 0 Å². The van der Waals surface area contributed by atoms with Gasteiger partial charge in [0.2, 0.25) is 0 Å². The molecule has 0 bridgehead atoms. The summed E-state index contributed by atoms with van der Waals surface area (Å²) in [4.78, 5) is 3.69. The van der Waals surface area contributed by atoms with Gasteiger partial charge in [-0.2, -0.15) is 5.10 Å². The Morgan fingerprint density at radius 3 is 2.85 bits per heavy atom. The molecule has 2 aromatic rings. The molecule has 4 nitrogen and oxygen atoms in total. The highest BCUT2D eigenvalue weighted by Crippen LogP contribution is 2.31. The van der Waals surface area contributed by atoms with Crippen LogP contribution in [0.5, 0.6) is 0 Å². The maximum Gasteiger partial charge on any atom is 0.131 e. The molecule has 0 saturated heterocycles. The Balaban J connectivity index is 2.31. The average molecular weight is 292 g/mol. The number of anilines is 1. The largest absolute Gasteiger partial charge is 0.352 e. The summed E-state index contributed by atoms with van der Waals surface area (Å²) in [6, 6.07) is 4.66. The zero-order valence-electron chi connectivity index (χ0n) is 13.0. The number of thiophene rings is 1. The average Bonchev–Trinajstić information content (AvgIpc) is 3.03. The van der Waals surface area contributed by atoms with Gasteiger partial charge in [-0.25, -0.2) is 0 Å². The Bertz CT molecular complexity index is 544. The van der Waals surface area contributed by atoms with Crippen molar-refractivity contribution in [1.29, 1.82) is 0 Å². The van der Waals surface area contributed by atoms with Gasteiger partial charge in [-0.05, 0) is 31.8 Å². The van der Waals surface area contributed by atoms with Crippen molar-refractivity contribution >= 4 is 17.2 Å². The molecule has 0 spiro atoms. The van der Waals surface area contributed by atoms with Crippen LogP contribution in [-0.2, 0) is 13.6 Å². The first-order chi connectivity index (χ1) is 9.56. The molecule has 0 aliphatic heterocycles. The molecule has 1 N–H and O–H groups in total. The van der Waals surface area contributed by atoms with Crippen molar-refractivity contribution in [3.8, 4) is 0 Å². The lowest BCUT2D eigenvalue weighted by Crippen LogP contribution is -2.25. The number of aryl methyl sites for hydroxylation is 2. The van der Waals surface area contributed by atoms with E-state index in [1.165, 1.54) is 16.3 Å². The Kier molecular flexibility index (Phi) is 4.83. The van der Waals surface area contributed by atoms with E-state index >= 15 is 0 Å². The first-order valence-corrected chi connectivity index (χ1v) is 7.93. The van der Waals surface area contributed by atoms with Gasteiger partial charge in [0.25, 0.3) is 0 Å². The van der Waals surface area contributed by atoms with Crippen molar-refractivity contribution in [2.75, 3.05) is 18.5 Å². The van der Waals surface area contributed by atoms with Crippen LogP contribution >= 0.6 is 11.3 Å². The summed E-state index contributed by atoms with van der Waals surface area (Å²) < 4.78 is 1.99. The fourth-order valence-corrected chi connectivity index (χ4v) is 3.32. The van der Waals surface area contributed by atoms with Gasteiger partial charge in [-0.1, -0.05) is 13.0 Å². The third-order valence-corrected chi connectivity index (χ3v) is 4.78. The number of hydrogen-bond acceptors (Lipinski definition) is 4. The fraction of sp³-hybridized carbons (Fsp3) is 0.533. The van der Waals surface area contributed by atoms with E-state index in [2.05, 4.69) is 60.6 Å². The van der Waals surface area contributed by atoms with E-state index in [-0.39, 0.29) is 0 Å². The Labute approximate surface area is 125 Å². The van der Waals surface area contributed by atoms with Gasteiger partial charge in [-0.3, -0.25) is 4.68 Å². The van der Waals surface area contributed by atoms with E-state index in [0.717, 1.165) is 18.8 Å². The van der Waals surface area contributed by atoms with E-state index in [1.807, 2.05) is 11.7 Å². The van der Waals surface area contributed by atoms with E-state index < -0.39 is 0 Å². The lowest BCUT2D eigenvalue weighted by molar-refractivity contribution is 0.670. The first kappa shape index (κ1) is 15.1. The van der Waals surface area contributed by atoms with Gasteiger partial charge in [-0.15, -0.1) is 11.3 Å². The molecule has 2 rings (SSSR count). The number of hydrogen-bond donors (Lipinski definition) is 1. The van der Waals surface area contributed by atoms with Crippen LogP contribution < -0.4 is 10.2 Å². The maximum absolute atomic E-state index is 4.59. The quantitative estimate of drug-likeness (QED) is 0.888. The molecule has 0 radical (unpaired) electrons. The summed E-state index contributed by atoms with van der Waals surface area (Å²) >= 11 is 1.80. The van der Waals surface area contributed by atoms with Crippen LogP contribution in [-0.4, -0.2) is 23.4 Å². The van der Waals surface area contributed by atoms with Crippen LogP contribution in [0.25, 0.3) is 0 Å². The normalized spacial score (nSPS) is 12.7. The highest BCUT2D eigenvalue weighted by atomic mass is 32.1. The lowest BCUT2D eigenvalue weighted by atomic mass is 10.2.